The van der Waals surface area contributed by atoms with Crippen LogP contribution in [0.2, 0.25) is 0 Å². The number of nitrogens with zero attached hydrogens (tertiary/aromatic N) is 1. The predicted octanol–water partition coefficient (Wildman–Crippen LogP) is 2.83. The highest BCUT2D eigenvalue weighted by Gasteiger charge is 2.27. The molecule has 0 radical (unpaired) electrons. The number of hydrogen-bond acceptors (Lipinski definition) is 7. The smallest absolute Gasteiger partial charge is 0.407 e. The number of hydrogen-bond donors (Lipinski definition) is 1. The fourth-order valence-corrected chi connectivity index (χ4v) is 4.81. The molecule has 0 saturated heterocycles. The van der Waals surface area contributed by atoms with E-state index in [4.69, 9.17) is 4.74 Å². The summed E-state index contributed by atoms with van der Waals surface area (Å²) in [5.74, 6) is -0.943. The van der Waals surface area contributed by atoms with Gasteiger partial charge in [-0.1, -0.05) is 29.8 Å². The Balaban J connectivity index is 2.19. The van der Waals surface area contributed by atoms with Crippen LogP contribution in [0, 0.1) is 6.92 Å². The molecule has 33 heavy (non-hydrogen) atoms. The lowest BCUT2D eigenvalue weighted by molar-refractivity contribution is -0.142. The highest BCUT2D eigenvalue weighted by atomic mass is 32.2. The van der Waals surface area contributed by atoms with Crippen LogP contribution in [0.25, 0.3) is 10.9 Å². The van der Waals surface area contributed by atoms with Crippen LogP contribution in [0.5, 0.6) is 0 Å². The summed E-state index contributed by atoms with van der Waals surface area (Å²) in [4.78, 5) is 36.0. The van der Waals surface area contributed by atoms with Crippen molar-refractivity contribution < 1.29 is 32.3 Å². The van der Waals surface area contributed by atoms with E-state index in [1.165, 1.54) is 38.4 Å². The first-order chi connectivity index (χ1) is 15.6. The number of ketones is 1. The van der Waals surface area contributed by atoms with Crippen LogP contribution in [-0.2, 0) is 30.7 Å². The van der Waals surface area contributed by atoms with Gasteiger partial charge in [0.1, 0.15) is 6.04 Å². The first-order valence-corrected chi connectivity index (χ1v) is 11.4. The number of benzene rings is 2. The van der Waals surface area contributed by atoms with Crippen LogP contribution in [0.4, 0.5) is 4.79 Å². The van der Waals surface area contributed by atoms with E-state index in [0.29, 0.717) is 16.5 Å². The molecule has 0 spiro atoms. The lowest BCUT2D eigenvalue weighted by atomic mass is 10.0. The summed E-state index contributed by atoms with van der Waals surface area (Å²) in [7, 11) is -1.68. The number of rotatable bonds is 7. The van der Waals surface area contributed by atoms with Gasteiger partial charge in [0.05, 0.1) is 24.6 Å². The summed E-state index contributed by atoms with van der Waals surface area (Å²) in [5.41, 5.74) is 1.98. The van der Waals surface area contributed by atoms with Crippen molar-refractivity contribution in [3.05, 3.63) is 65.4 Å². The molecule has 1 N–H and O–H groups in total. The quantitative estimate of drug-likeness (QED) is 0.415. The van der Waals surface area contributed by atoms with E-state index in [-0.39, 0.29) is 22.6 Å². The molecule has 0 aliphatic carbocycles. The van der Waals surface area contributed by atoms with Crippen LogP contribution in [-0.4, -0.2) is 50.5 Å². The van der Waals surface area contributed by atoms with E-state index in [0.717, 1.165) is 16.6 Å². The van der Waals surface area contributed by atoms with Crippen molar-refractivity contribution in [3.63, 3.8) is 0 Å². The molecule has 2 aromatic carbocycles. The van der Waals surface area contributed by atoms with E-state index in [1.54, 1.807) is 24.3 Å². The molecule has 9 nitrogen and oxygen atoms in total. The summed E-state index contributed by atoms with van der Waals surface area (Å²) in [6, 6.07) is 9.96. The maximum atomic E-state index is 13.5. The molecular weight excluding hydrogens is 448 g/mol. The third kappa shape index (κ3) is 4.90. The van der Waals surface area contributed by atoms with Gasteiger partial charge in [-0.25, -0.2) is 22.0 Å². The van der Waals surface area contributed by atoms with E-state index in [9.17, 15) is 22.8 Å². The largest absolute Gasteiger partial charge is 0.467 e. The Morgan fingerprint density at radius 3 is 2.27 bits per heavy atom. The Hall–Kier alpha value is -3.66. The fourth-order valence-electron chi connectivity index (χ4n) is 3.43. The molecule has 0 fully saturated rings. The zero-order valence-electron chi connectivity index (χ0n) is 18.6. The minimum Gasteiger partial charge on any atom is -0.467 e. The second-order valence-corrected chi connectivity index (χ2v) is 9.29. The maximum Gasteiger partial charge on any atom is 0.407 e. The van der Waals surface area contributed by atoms with Crippen LogP contribution >= 0.6 is 0 Å². The second-order valence-electron chi connectivity index (χ2n) is 7.47. The monoisotopic (exact) mass is 472 g/mol. The van der Waals surface area contributed by atoms with Gasteiger partial charge in [0, 0.05) is 23.6 Å². The second kappa shape index (κ2) is 9.45. The van der Waals surface area contributed by atoms with Crippen molar-refractivity contribution in [2.45, 2.75) is 31.2 Å². The number of methoxy groups -OCH3 is 2. The lowest BCUT2D eigenvalue weighted by Gasteiger charge is -2.15. The molecule has 1 atom stereocenters. The van der Waals surface area contributed by atoms with Gasteiger partial charge in [-0.2, -0.15) is 0 Å². The minimum atomic E-state index is -4.02. The molecule has 0 aliphatic rings. The van der Waals surface area contributed by atoms with Crippen LogP contribution in [0.1, 0.15) is 28.4 Å². The number of Topliss-reactive ketones (excluding diaryl/α,β-unsaturated/α-hetero) is 1. The molecule has 0 bridgehead atoms. The van der Waals surface area contributed by atoms with Crippen molar-refractivity contribution in [3.8, 4) is 0 Å². The number of amides is 1. The SMILES string of the molecule is COC(=O)N[C@@H](Cc1cn(S(=O)(=O)c2ccc(C)cc2)c2cc(C(C)=O)ccc12)C(=O)OC. The number of carbonyl (C=O) groups is 3. The number of carbonyl (C=O) groups excluding carboxylic acids is 3. The van der Waals surface area contributed by atoms with E-state index < -0.39 is 28.1 Å². The van der Waals surface area contributed by atoms with E-state index in [2.05, 4.69) is 10.1 Å². The van der Waals surface area contributed by atoms with Crippen LogP contribution in [0.3, 0.4) is 0 Å². The number of ether oxygens (including phenoxy) is 2. The van der Waals surface area contributed by atoms with Gasteiger partial charge < -0.3 is 14.8 Å². The number of esters is 1. The first kappa shape index (κ1) is 24.0. The fraction of sp³-hybridized carbons (Fsp3) is 0.261. The highest BCUT2D eigenvalue weighted by Crippen LogP contribution is 2.28. The predicted molar refractivity (Wildman–Crippen MR) is 121 cm³/mol. The molecule has 0 unspecified atom stereocenters. The lowest BCUT2D eigenvalue weighted by Crippen LogP contribution is -2.43. The summed E-state index contributed by atoms with van der Waals surface area (Å²) < 4.78 is 37.3. The first-order valence-electron chi connectivity index (χ1n) is 9.98. The minimum absolute atomic E-state index is 0.0614. The van der Waals surface area contributed by atoms with Gasteiger partial charge in [0.25, 0.3) is 10.0 Å². The topological polar surface area (TPSA) is 121 Å². The van der Waals surface area contributed by atoms with Gasteiger partial charge in [-0.15, -0.1) is 0 Å². The van der Waals surface area contributed by atoms with Crippen LogP contribution in [0.15, 0.2) is 53.6 Å². The molecule has 174 valence electrons. The van der Waals surface area contributed by atoms with Gasteiger partial charge in [-0.05, 0) is 37.6 Å². The standard InChI is InChI=1S/C23H24N2O7S/c1-14-5-8-18(9-6-14)33(29,30)25-13-17(11-20(22(27)31-3)24-23(28)32-4)19-10-7-16(15(2)26)12-21(19)25/h5-10,12-13,20H,11H2,1-4H3,(H,24,28)/t20-/m0/s1. The van der Waals surface area contributed by atoms with Crippen molar-refractivity contribution >= 4 is 38.8 Å². The van der Waals surface area contributed by atoms with Crippen molar-refractivity contribution in [1.82, 2.24) is 9.29 Å². The molecular formula is C23H24N2O7S. The Bertz CT molecular complexity index is 1320. The van der Waals surface area contributed by atoms with Gasteiger partial charge in [0.2, 0.25) is 0 Å². The van der Waals surface area contributed by atoms with E-state index in [1.807, 2.05) is 6.92 Å². The summed E-state index contributed by atoms with van der Waals surface area (Å²) in [6.45, 7) is 3.23. The number of nitrogens with one attached hydrogen (secondary N) is 1. The summed E-state index contributed by atoms with van der Waals surface area (Å²) in [6.07, 6.45) is 0.493. The molecule has 0 saturated carbocycles. The van der Waals surface area contributed by atoms with Crippen molar-refractivity contribution in [2.24, 2.45) is 0 Å². The Labute approximate surface area is 191 Å². The summed E-state index contributed by atoms with van der Waals surface area (Å²) in [5, 5.41) is 2.91. The number of alkyl carbamates (subject to hydrolysis) is 1. The number of aryl methyl sites for hydroxylation is 1. The Morgan fingerprint density at radius 1 is 1.03 bits per heavy atom. The molecule has 0 aliphatic heterocycles. The molecule has 1 heterocycles. The molecule has 10 heteroatoms. The van der Waals surface area contributed by atoms with Crippen molar-refractivity contribution in [1.29, 1.82) is 0 Å². The van der Waals surface area contributed by atoms with Gasteiger partial charge in [-0.3, -0.25) is 4.79 Å². The molecule has 3 rings (SSSR count). The van der Waals surface area contributed by atoms with Crippen molar-refractivity contribution in [2.75, 3.05) is 14.2 Å². The molecule has 1 amide bonds. The third-order valence-corrected chi connectivity index (χ3v) is 6.91. The Morgan fingerprint density at radius 2 is 1.70 bits per heavy atom. The zero-order chi connectivity index (χ0) is 24.3. The van der Waals surface area contributed by atoms with Crippen LogP contribution < -0.4 is 5.32 Å². The molecule has 1 aromatic heterocycles. The molecule has 3 aromatic rings. The average molecular weight is 473 g/mol. The zero-order valence-corrected chi connectivity index (χ0v) is 19.4. The maximum absolute atomic E-state index is 13.5. The average Bonchev–Trinajstić information content (AvgIpc) is 3.16. The Kier molecular flexibility index (Phi) is 6.87. The number of fused-ring (bicyclic) bond motifs is 1. The normalized spacial score (nSPS) is 12.2. The summed E-state index contributed by atoms with van der Waals surface area (Å²) >= 11 is 0. The van der Waals surface area contributed by atoms with Gasteiger partial charge >= 0.3 is 12.1 Å². The number of aromatic nitrogens is 1. The highest BCUT2D eigenvalue weighted by molar-refractivity contribution is 7.90. The third-order valence-electron chi connectivity index (χ3n) is 5.23. The van der Waals surface area contributed by atoms with Gasteiger partial charge in [0.15, 0.2) is 5.78 Å². The van der Waals surface area contributed by atoms with E-state index >= 15 is 0 Å².